The Morgan fingerprint density at radius 2 is 1.81 bits per heavy atom. The third kappa shape index (κ3) is 2.76. The van der Waals surface area contributed by atoms with Gasteiger partial charge in [-0.3, -0.25) is 9.78 Å². The van der Waals surface area contributed by atoms with Crippen molar-refractivity contribution in [3.05, 3.63) is 41.1 Å². The average Bonchev–Trinajstić information content (AvgIpc) is 2.47. The zero-order valence-electron chi connectivity index (χ0n) is 12.9. The number of pyridine rings is 1. The van der Waals surface area contributed by atoms with Crippen LogP contribution in [0.2, 0.25) is 0 Å². The minimum absolute atomic E-state index is 0.108. The fourth-order valence-electron chi connectivity index (χ4n) is 2.79. The first-order chi connectivity index (χ1) is 10.0. The molecule has 2 heterocycles. The lowest BCUT2D eigenvalue weighted by molar-refractivity contribution is 0.0663. The summed E-state index contributed by atoms with van der Waals surface area (Å²) in [7, 11) is 2.09. The third-order valence-electron chi connectivity index (χ3n) is 4.18. The van der Waals surface area contributed by atoms with Crippen LogP contribution in [0.5, 0.6) is 0 Å². The van der Waals surface area contributed by atoms with E-state index in [-0.39, 0.29) is 5.91 Å². The van der Waals surface area contributed by atoms with E-state index in [1.54, 1.807) is 0 Å². The normalized spacial score (nSPS) is 16.4. The van der Waals surface area contributed by atoms with E-state index in [4.69, 9.17) is 0 Å². The summed E-state index contributed by atoms with van der Waals surface area (Å²) in [4.78, 5) is 21.5. The van der Waals surface area contributed by atoms with Gasteiger partial charge in [0.2, 0.25) is 0 Å². The summed E-state index contributed by atoms with van der Waals surface area (Å²) in [6.07, 6.45) is 0. The first-order valence-electron chi connectivity index (χ1n) is 7.40. The van der Waals surface area contributed by atoms with Crippen molar-refractivity contribution in [2.45, 2.75) is 13.8 Å². The molecule has 0 unspecified atom stereocenters. The van der Waals surface area contributed by atoms with Gasteiger partial charge in [0.25, 0.3) is 5.91 Å². The van der Waals surface area contributed by atoms with Crippen LogP contribution >= 0.6 is 0 Å². The van der Waals surface area contributed by atoms with Crippen molar-refractivity contribution in [2.75, 3.05) is 33.2 Å². The van der Waals surface area contributed by atoms with Crippen LogP contribution in [0, 0.1) is 13.8 Å². The lowest BCUT2D eigenvalue weighted by atomic mass is 10.1. The monoisotopic (exact) mass is 283 g/mol. The second-order valence-corrected chi connectivity index (χ2v) is 5.91. The fraction of sp³-hybridized carbons (Fsp3) is 0.412. The summed E-state index contributed by atoms with van der Waals surface area (Å²) >= 11 is 0. The molecule has 1 aliphatic rings. The minimum atomic E-state index is 0.108. The first kappa shape index (κ1) is 14.0. The molecule has 4 heteroatoms. The zero-order valence-corrected chi connectivity index (χ0v) is 12.9. The average molecular weight is 283 g/mol. The number of fused-ring (bicyclic) bond motifs is 1. The van der Waals surface area contributed by atoms with Gasteiger partial charge in [0.15, 0.2) is 0 Å². The van der Waals surface area contributed by atoms with Gasteiger partial charge in [-0.1, -0.05) is 11.6 Å². The molecule has 1 aromatic carbocycles. The molecular weight excluding hydrogens is 262 g/mol. The second-order valence-electron chi connectivity index (χ2n) is 5.91. The van der Waals surface area contributed by atoms with Gasteiger partial charge >= 0.3 is 0 Å². The smallest absolute Gasteiger partial charge is 0.255 e. The Kier molecular flexibility index (Phi) is 3.64. The Balaban J connectivity index is 1.95. The predicted octanol–water partition coefficient (Wildman–Crippen LogP) is 2.24. The number of hydrogen-bond donors (Lipinski definition) is 0. The van der Waals surface area contributed by atoms with E-state index in [1.807, 2.05) is 24.0 Å². The molecule has 110 valence electrons. The van der Waals surface area contributed by atoms with Crippen LogP contribution in [-0.2, 0) is 0 Å². The van der Waals surface area contributed by atoms with Gasteiger partial charge < -0.3 is 9.80 Å². The number of nitrogens with zero attached hydrogens (tertiary/aromatic N) is 3. The van der Waals surface area contributed by atoms with E-state index >= 15 is 0 Å². The highest BCUT2D eigenvalue weighted by atomic mass is 16.2. The van der Waals surface area contributed by atoms with Gasteiger partial charge in [0, 0.05) is 31.6 Å². The number of amides is 1. The molecule has 1 saturated heterocycles. The molecule has 21 heavy (non-hydrogen) atoms. The van der Waals surface area contributed by atoms with Gasteiger partial charge in [-0.15, -0.1) is 0 Å². The molecule has 3 rings (SSSR count). The van der Waals surface area contributed by atoms with E-state index < -0.39 is 0 Å². The molecule has 0 N–H and O–H groups in total. The lowest BCUT2D eigenvalue weighted by Gasteiger charge is -2.32. The van der Waals surface area contributed by atoms with E-state index in [0.29, 0.717) is 0 Å². The van der Waals surface area contributed by atoms with Crippen LogP contribution in [0.25, 0.3) is 10.9 Å². The van der Waals surface area contributed by atoms with Gasteiger partial charge in [-0.2, -0.15) is 0 Å². The molecular formula is C17H21N3O. The maximum Gasteiger partial charge on any atom is 0.255 e. The van der Waals surface area contributed by atoms with Crippen molar-refractivity contribution in [1.82, 2.24) is 14.8 Å². The topological polar surface area (TPSA) is 36.4 Å². The van der Waals surface area contributed by atoms with Crippen molar-refractivity contribution >= 4 is 16.8 Å². The number of carbonyl (C=O) groups excluding carboxylic acids is 1. The summed E-state index contributed by atoms with van der Waals surface area (Å²) in [5.41, 5.74) is 3.69. The van der Waals surface area contributed by atoms with E-state index in [1.165, 1.54) is 5.56 Å². The molecule has 1 aliphatic heterocycles. The predicted molar refractivity (Wildman–Crippen MR) is 84.6 cm³/mol. The Morgan fingerprint density at radius 1 is 1.10 bits per heavy atom. The van der Waals surface area contributed by atoms with Gasteiger partial charge in [0.1, 0.15) is 0 Å². The zero-order chi connectivity index (χ0) is 15.0. The molecule has 0 radical (unpaired) electrons. The maximum atomic E-state index is 12.7. The van der Waals surface area contributed by atoms with Crippen LogP contribution in [-0.4, -0.2) is 53.9 Å². The standard InChI is InChI=1S/C17H21N3O/c1-12-4-5-16-14(10-12)11-15(13(2)18-16)17(21)20-8-6-19(3)7-9-20/h4-5,10-11H,6-9H2,1-3H3. The molecule has 4 nitrogen and oxygen atoms in total. The number of benzene rings is 1. The molecule has 0 aliphatic carbocycles. The number of likely N-dealkylation sites (N-methyl/N-ethyl adjacent to an activating group) is 1. The molecule has 0 atom stereocenters. The van der Waals surface area contributed by atoms with Crippen LogP contribution in [0.4, 0.5) is 0 Å². The SMILES string of the molecule is Cc1ccc2nc(C)c(C(=O)N3CCN(C)CC3)cc2c1. The number of aromatic nitrogens is 1. The van der Waals surface area contributed by atoms with E-state index in [2.05, 4.69) is 36.0 Å². The lowest BCUT2D eigenvalue weighted by Crippen LogP contribution is -2.47. The van der Waals surface area contributed by atoms with Crippen molar-refractivity contribution in [2.24, 2.45) is 0 Å². The minimum Gasteiger partial charge on any atom is -0.336 e. The molecule has 2 aromatic rings. The Hall–Kier alpha value is -1.94. The van der Waals surface area contributed by atoms with Crippen LogP contribution in [0.15, 0.2) is 24.3 Å². The number of piperazine rings is 1. The van der Waals surface area contributed by atoms with Gasteiger partial charge in [0.05, 0.1) is 16.8 Å². The summed E-state index contributed by atoms with van der Waals surface area (Å²) < 4.78 is 0. The summed E-state index contributed by atoms with van der Waals surface area (Å²) in [5.74, 6) is 0.108. The maximum absolute atomic E-state index is 12.7. The Morgan fingerprint density at radius 3 is 2.52 bits per heavy atom. The highest BCUT2D eigenvalue weighted by Crippen LogP contribution is 2.19. The van der Waals surface area contributed by atoms with E-state index in [0.717, 1.165) is 48.3 Å². The van der Waals surface area contributed by atoms with Crippen molar-refractivity contribution in [3.63, 3.8) is 0 Å². The fourth-order valence-corrected chi connectivity index (χ4v) is 2.79. The van der Waals surface area contributed by atoms with Crippen molar-refractivity contribution in [1.29, 1.82) is 0 Å². The largest absolute Gasteiger partial charge is 0.336 e. The highest BCUT2D eigenvalue weighted by molar-refractivity contribution is 5.98. The number of hydrogen-bond acceptors (Lipinski definition) is 3. The summed E-state index contributed by atoms with van der Waals surface area (Å²) in [5, 5.41) is 1.04. The van der Waals surface area contributed by atoms with Crippen molar-refractivity contribution in [3.8, 4) is 0 Å². The number of rotatable bonds is 1. The Labute approximate surface area is 125 Å². The van der Waals surface area contributed by atoms with Gasteiger partial charge in [-0.05, 0) is 39.1 Å². The molecule has 0 bridgehead atoms. The van der Waals surface area contributed by atoms with Gasteiger partial charge in [-0.25, -0.2) is 0 Å². The van der Waals surface area contributed by atoms with Crippen LogP contribution < -0.4 is 0 Å². The van der Waals surface area contributed by atoms with E-state index in [9.17, 15) is 4.79 Å². The molecule has 0 spiro atoms. The highest BCUT2D eigenvalue weighted by Gasteiger charge is 2.22. The third-order valence-corrected chi connectivity index (χ3v) is 4.18. The number of aryl methyl sites for hydroxylation is 2. The first-order valence-corrected chi connectivity index (χ1v) is 7.40. The van der Waals surface area contributed by atoms with Crippen LogP contribution in [0.3, 0.4) is 0 Å². The number of carbonyl (C=O) groups is 1. The Bertz CT molecular complexity index is 688. The second kappa shape index (κ2) is 5.45. The van der Waals surface area contributed by atoms with Crippen molar-refractivity contribution < 1.29 is 4.79 Å². The molecule has 1 aromatic heterocycles. The quantitative estimate of drug-likeness (QED) is 0.805. The summed E-state index contributed by atoms with van der Waals surface area (Å²) in [6, 6.07) is 8.15. The van der Waals surface area contributed by atoms with Crippen LogP contribution in [0.1, 0.15) is 21.6 Å². The molecule has 1 amide bonds. The molecule has 1 fully saturated rings. The molecule has 0 saturated carbocycles. The summed E-state index contributed by atoms with van der Waals surface area (Å²) in [6.45, 7) is 7.43.